The predicted molar refractivity (Wildman–Crippen MR) is 103 cm³/mol. The van der Waals surface area contributed by atoms with E-state index in [4.69, 9.17) is 0 Å². The lowest BCUT2D eigenvalue weighted by Gasteiger charge is -2.39. The average Bonchev–Trinajstić information content (AvgIpc) is 3.15. The highest BCUT2D eigenvalue weighted by molar-refractivity contribution is 5.95. The van der Waals surface area contributed by atoms with E-state index in [-0.39, 0.29) is 11.8 Å². The molecule has 1 aromatic heterocycles. The quantitative estimate of drug-likeness (QED) is 0.839. The normalized spacial score (nSPS) is 22.4. The third kappa shape index (κ3) is 3.59. The minimum absolute atomic E-state index is 0.0193. The van der Waals surface area contributed by atoms with Gasteiger partial charge < -0.3 is 9.80 Å². The van der Waals surface area contributed by atoms with E-state index >= 15 is 0 Å². The van der Waals surface area contributed by atoms with E-state index in [9.17, 15) is 9.59 Å². The number of hydrogen-bond donors (Lipinski definition) is 0. The number of piperidine rings is 1. The van der Waals surface area contributed by atoms with E-state index < -0.39 is 5.41 Å². The Bertz CT molecular complexity index is 809. The van der Waals surface area contributed by atoms with E-state index in [0.717, 1.165) is 38.8 Å². The zero-order valence-corrected chi connectivity index (χ0v) is 15.5. The molecule has 2 aliphatic heterocycles. The Morgan fingerprint density at radius 1 is 1.07 bits per heavy atom. The van der Waals surface area contributed by atoms with E-state index in [2.05, 4.69) is 17.1 Å². The molecule has 0 bridgehead atoms. The molecule has 0 aliphatic carbocycles. The molecule has 27 heavy (non-hydrogen) atoms. The molecule has 2 amide bonds. The number of benzene rings is 1. The molecule has 5 heteroatoms. The van der Waals surface area contributed by atoms with Crippen LogP contribution in [-0.2, 0) is 11.2 Å². The minimum atomic E-state index is -0.396. The first-order valence-corrected chi connectivity index (χ1v) is 9.71. The van der Waals surface area contributed by atoms with Gasteiger partial charge in [-0.25, -0.2) is 0 Å². The zero-order valence-electron chi connectivity index (χ0n) is 15.5. The fourth-order valence-corrected chi connectivity index (χ4v) is 4.37. The van der Waals surface area contributed by atoms with Gasteiger partial charge in [-0.3, -0.25) is 14.6 Å². The molecule has 2 fully saturated rings. The van der Waals surface area contributed by atoms with Gasteiger partial charge in [0.05, 0.1) is 11.0 Å². The predicted octanol–water partition coefficient (Wildman–Crippen LogP) is 2.78. The Morgan fingerprint density at radius 3 is 2.70 bits per heavy atom. The number of nitrogens with zero attached hydrogens (tertiary/aromatic N) is 3. The van der Waals surface area contributed by atoms with Gasteiger partial charge in [0.15, 0.2) is 0 Å². The van der Waals surface area contributed by atoms with Crippen LogP contribution in [0.4, 0.5) is 0 Å². The number of carbonyl (C=O) groups excluding carboxylic acids is 2. The lowest BCUT2D eigenvalue weighted by atomic mass is 9.78. The van der Waals surface area contributed by atoms with Gasteiger partial charge in [-0.2, -0.15) is 0 Å². The Kier molecular flexibility index (Phi) is 4.92. The third-order valence-electron chi connectivity index (χ3n) is 5.89. The summed E-state index contributed by atoms with van der Waals surface area (Å²) in [6.45, 7) is 2.75. The number of aromatic nitrogens is 1. The maximum absolute atomic E-state index is 13.3. The summed E-state index contributed by atoms with van der Waals surface area (Å²) < 4.78 is 0. The zero-order chi connectivity index (χ0) is 18.7. The molecule has 2 aliphatic rings. The summed E-state index contributed by atoms with van der Waals surface area (Å²) in [4.78, 5) is 33.9. The molecule has 0 saturated carbocycles. The molecule has 3 heterocycles. The van der Waals surface area contributed by atoms with Crippen LogP contribution in [0.1, 0.15) is 35.2 Å². The summed E-state index contributed by atoms with van der Waals surface area (Å²) in [5.41, 5.74) is 1.45. The SMILES string of the molecule is O=C(c1cccnc1)N1CCC2(CCCN(CCc3ccccc3)C2=O)C1. The van der Waals surface area contributed by atoms with Crippen molar-refractivity contribution in [3.63, 3.8) is 0 Å². The second kappa shape index (κ2) is 7.51. The van der Waals surface area contributed by atoms with Crippen LogP contribution in [0.5, 0.6) is 0 Å². The summed E-state index contributed by atoms with van der Waals surface area (Å²) in [5.74, 6) is 0.209. The minimum Gasteiger partial charge on any atom is -0.342 e. The molecule has 2 saturated heterocycles. The molecule has 1 spiro atoms. The molecular weight excluding hydrogens is 338 g/mol. The van der Waals surface area contributed by atoms with Crippen LogP contribution in [0.25, 0.3) is 0 Å². The lowest BCUT2D eigenvalue weighted by molar-refractivity contribution is -0.145. The number of amides is 2. The van der Waals surface area contributed by atoms with Crippen molar-refractivity contribution in [1.82, 2.24) is 14.8 Å². The Hall–Kier alpha value is -2.69. The number of rotatable bonds is 4. The van der Waals surface area contributed by atoms with Gasteiger partial charge in [0.25, 0.3) is 5.91 Å². The van der Waals surface area contributed by atoms with Gasteiger partial charge >= 0.3 is 0 Å². The molecule has 4 rings (SSSR count). The maximum Gasteiger partial charge on any atom is 0.255 e. The van der Waals surface area contributed by atoms with Crippen LogP contribution in [0, 0.1) is 5.41 Å². The summed E-state index contributed by atoms with van der Waals surface area (Å²) in [6.07, 6.45) is 6.79. The van der Waals surface area contributed by atoms with E-state index in [0.29, 0.717) is 18.7 Å². The fourth-order valence-electron chi connectivity index (χ4n) is 4.37. The van der Waals surface area contributed by atoms with Crippen molar-refractivity contribution in [2.75, 3.05) is 26.2 Å². The van der Waals surface area contributed by atoms with Crippen molar-refractivity contribution in [3.05, 3.63) is 66.0 Å². The van der Waals surface area contributed by atoms with Crippen molar-refractivity contribution in [2.45, 2.75) is 25.7 Å². The lowest BCUT2D eigenvalue weighted by Crippen LogP contribution is -2.50. The van der Waals surface area contributed by atoms with Gasteiger partial charge in [0, 0.05) is 38.6 Å². The van der Waals surface area contributed by atoms with Crippen LogP contribution in [0.2, 0.25) is 0 Å². The first kappa shape index (κ1) is 17.7. The van der Waals surface area contributed by atoms with Crippen molar-refractivity contribution >= 4 is 11.8 Å². The Labute approximate surface area is 160 Å². The molecule has 2 aromatic rings. The van der Waals surface area contributed by atoms with Gasteiger partial charge in [0.1, 0.15) is 0 Å². The summed E-state index contributed by atoms with van der Waals surface area (Å²) >= 11 is 0. The highest BCUT2D eigenvalue weighted by atomic mass is 16.2. The van der Waals surface area contributed by atoms with Gasteiger partial charge in [-0.05, 0) is 43.4 Å². The first-order chi connectivity index (χ1) is 13.2. The number of pyridine rings is 1. The first-order valence-electron chi connectivity index (χ1n) is 9.71. The van der Waals surface area contributed by atoms with Crippen LogP contribution >= 0.6 is 0 Å². The second-order valence-corrected chi connectivity index (χ2v) is 7.63. The molecule has 1 atom stereocenters. The highest BCUT2D eigenvalue weighted by Gasteiger charge is 2.49. The number of hydrogen-bond acceptors (Lipinski definition) is 3. The largest absolute Gasteiger partial charge is 0.342 e. The standard InChI is InChI=1S/C22H25N3O2/c26-20(19-8-4-12-23-16-19)25-15-11-22(17-25)10-5-13-24(21(22)27)14-9-18-6-2-1-3-7-18/h1-4,6-8,12,16H,5,9-11,13-15,17H2. The van der Waals surface area contributed by atoms with Crippen molar-refractivity contribution in [3.8, 4) is 0 Å². The maximum atomic E-state index is 13.3. The average molecular weight is 363 g/mol. The third-order valence-corrected chi connectivity index (χ3v) is 5.89. The van der Waals surface area contributed by atoms with Gasteiger partial charge in [-0.1, -0.05) is 30.3 Å². The van der Waals surface area contributed by atoms with Crippen LogP contribution in [-0.4, -0.2) is 52.8 Å². The van der Waals surface area contributed by atoms with Crippen LogP contribution in [0.15, 0.2) is 54.9 Å². The van der Waals surface area contributed by atoms with E-state index in [1.54, 1.807) is 24.5 Å². The van der Waals surface area contributed by atoms with Crippen LogP contribution < -0.4 is 0 Å². The molecule has 1 aromatic carbocycles. The number of likely N-dealkylation sites (tertiary alicyclic amines) is 2. The second-order valence-electron chi connectivity index (χ2n) is 7.63. The smallest absolute Gasteiger partial charge is 0.255 e. The van der Waals surface area contributed by atoms with Gasteiger partial charge in [0.2, 0.25) is 5.91 Å². The van der Waals surface area contributed by atoms with Crippen molar-refractivity contribution in [1.29, 1.82) is 0 Å². The summed E-state index contributed by atoms with van der Waals surface area (Å²) in [7, 11) is 0. The van der Waals surface area contributed by atoms with Crippen molar-refractivity contribution < 1.29 is 9.59 Å². The van der Waals surface area contributed by atoms with E-state index in [1.165, 1.54) is 5.56 Å². The molecule has 0 N–H and O–H groups in total. The molecule has 0 radical (unpaired) electrons. The topological polar surface area (TPSA) is 53.5 Å². The fraction of sp³-hybridized carbons (Fsp3) is 0.409. The Morgan fingerprint density at radius 2 is 1.93 bits per heavy atom. The number of carbonyl (C=O) groups is 2. The molecular formula is C22H25N3O2. The van der Waals surface area contributed by atoms with E-state index in [1.807, 2.05) is 28.0 Å². The molecule has 140 valence electrons. The highest BCUT2D eigenvalue weighted by Crippen LogP contribution is 2.40. The molecule has 1 unspecified atom stereocenters. The molecule has 5 nitrogen and oxygen atoms in total. The van der Waals surface area contributed by atoms with Crippen LogP contribution in [0.3, 0.4) is 0 Å². The summed E-state index contributed by atoms with van der Waals surface area (Å²) in [5, 5.41) is 0. The summed E-state index contributed by atoms with van der Waals surface area (Å²) in [6, 6.07) is 13.9. The van der Waals surface area contributed by atoms with Crippen molar-refractivity contribution in [2.24, 2.45) is 5.41 Å². The van der Waals surface area contributed by atoms with Gasteiger partial charge in [-0.15, -0.1) is 0 Å². The monoisotopic (exact) mass is 363 g/mol. The Balaban J connectivity index is 1.42.